The van der Waals surface area contributed by atoms with E-state index in [1.54, 1.807) is 6.92 Å². The summed E-state index contributed by atoms with van der Waals surface area (Å²) >= 11 is 8.85. The summed E-state index contributed by atoms with van der Waals surface area (Å²) in [6.07, 6.45) is -4.34. The molecule has 1 aromatic rings. The summed E-state index contributed by atoms with van der Waals surface area (Å²) in [5.74, 6) is -2.18. The highest BCUT2D eigenvalue weighted by Crippen LogP contribution is 2.55. The third kappa shape index (κ3) is 2.74. The zero-order chi connectivity index (χ0) is 14.4. The Bertz CT molecular complexity index is 518. The SMILES string of the molecule is CCOC(=O)c1nc(Cl)n(C2CC2C(F)(F)F)c1Br. The summed E-state index contributed by atoms with van der Waals surface area (Å²) in [6, 6.07) is -0.822. The fourth-order valence-electron chi connectivity index (χ4n) is 1.82. The average molecular weight is 362 g/mol. The van der Waals surface area contributed by atoms with Crippen molar-refractivity contribution in [1.82, 2.24) is 9.55 Å². The molecule has 2 rings (SSSR count). The molecule has 0 bridgehead atoms. The third-order valence-electron chi connectivity index (χ3n) is 2.79. The lowest BCUT2D eigenvalue weighted by molar-refractivity contribution is -0.150. The second-order valence-electron chi connectivity index (χ2n) is 4.06. The van der Waals surface area contributed by atoms with E-state index in [0.717, 1.165) is 0 Å². The van der Waals surface area contributed by atoms with Crippen LogP contribution in [0.5, 0.6) is 0 Å². The predicted molar refractivity (Wildman–Crippen MR) is 64.1 cm³/mol. The molecular formula is C10H9BrClF3N2O2. The number of imidazole rings is 1. The summed E-state index contributed by atoms with van der Waals surface area (Å²) in [6.45, 7) is 1.76. The van der Waals surface area contributed by atoms with E-state index in [1.165, 1.54) is 4.57 Å². The molecule has 1 saturated carbocycles. The molecule has 0 radical (unpaired) electrons. The number of carbonyl (C=O) groups is 1. The smallest absolute Gasteiger partial charge is 0.393 e. The van der Waals surface area contributed by atoms with Crippen LogP contribution in [0.25, 0.3) is 0 Å². The predicted octanol–water partition coefficient (Wildman–Crippen LogP) is 3.60. The minimum absolute atomic E-state index is 0.0690. The van der Waals surface area contributed by atoms with Gasteiger partial charge in [-0.05, 0) is 40.9 Å². The molecule has 9 heteroatoms. The van der Waals surface area contributed by atoms with Crippen LogP contribution in [0.2, 0.25) is 5.28 Å². The Morgan fingerprint density at radius 2 is 2.26 bits per heavy atom. The van der Waals surface area contributed by atoms with Crippen LogP contribution < -0.4 is 0 Å². The van der Waals surface area contributed by atoms with Gasteiger partial charge in [0.1, 0.15) is 4.60 Å². The van der Waals surface area contributed by atoms with E-state index in [4.69, 9.17) is 16.3 Å². The summed E-state index contributed by atoms with van der Waals surface area (Å²) in [5, 5.41) is -0.160. The molecule has 4 nitrogen and oxygen atoms in total. The lowest BCUT2D eigenvalue weighted by Gasteiger charge is -2.08. The minimum Gasteiger partial charge on any atom is -0.461 e. The first-order valence-electron chi connectivity index (χ1n) is 5.44. The van der Waals surface area contributed by atoms with E-state index < -0.39 is 24.1 Å². The van der Waals surface area contributed by atoms with Crippen LogP contribution in [-0.2, 0) is 4.74 Å². The van der Waals surface area contributed by atoms with Crippen LogP contribution in [0.1, 0.15) is 29.9 Å². The Kier molecular flexibility index (Phi) is 3.83. The van der Waals surface area contributed by atoms with Crippen LogP contribution in [0.3, 0.4) is 0 Å². The van der Waals surface area contributed by atoms with E-state index in [9.17, 15) is 18.0 Å². The molecule has 2 atom stereocenters. The van der Waals surface area contributed by atoms with Gasteiger partial charge in [-0.3, -0.25) is 0 Å². The van der Waals surface area contributed by atoms with Crippen molar-refractivity contribution in [3.8, 4) is 0 Å². The molecule has 0 N–H and O–H groups in total. The number of ether oxygens (including phenoxy) is 1. The standard InChI is InChI=1S/C10H9BrClF3N2O2/c1-2-19-8(18)6-7(11)17(9(12)16-6)5-3-4(5)10(13,14)15/h4-5H,2-3H2,1H3. The fourth-order valence-corrected chi connectivity index (χ4v) is 2.90. The molecule has 1 fully saturated rings. The Balaban J connectivity index is 2.27. The molecule has 2 unspecified atom stereocenters. The molecule has 1 aliphatic carbocycles. The molecule has 0 spiro atoms. The summed E-state index contributed by atoms with van der Waals surface area (Å²) in [7, 11) is 0. The Morgan fingerprint density at radius 3 is 2.74 bits per heavy atom. The molecule has 0 aromatic carbocycles. The third-order valence-corrected chi connectivity index (χ3v) is 3.81. The van der Waals surface area contributed by atoms with Gasteiger partial charge in [-0.2, -0.15) is 13.2 Å². The van der Waals surface area contributed by atoms with Gasteiger partial charge in [0.05, 0.1) is 12.5 Å². The van der Waals surface area contributed by atoms with Gasteiger partial charge in [0.15, 0.2) is 5.69 Å². The summed E-state index contributed by atoms with van der Waals surface area (Å²) in [4.78, 5) is 15.3. The zero-order valence-corrected chi connectivity index (χ0v) is 12.0. The number of carbonyl (C=O) groups excluding carboxylic acids is 1. The quantitative estimate of drug-likeness (QED) is 0.773. The molecule has 1 aromatic heterocycles. The number of hydrogen-bond donors (Lipinski definition) is 0. The Labute approximate surface area is 120 Å². The van der Waals surface area contributed by atoms with Gasteiger partial charge in [0.2, 0.25) is 5.28 Å². The minimum atomic E-state index is -4.28. The Hall–Kier alpha value is -0.760. The van der Waals surface area contributed by atoms with E-state index >= 15 is 0 Å². The number of alkyl halides is 3. The second kappa shape index (κ2) is 4.97. The Morgan fingerprint density at radius 1 is 1.63 bits per heavy atom. The zero-order valence-electron chi connectivity index (χ0n) is 9.67. The van der Waals surface area contributed by atoms with Crippen molar-refractivity contribution in [1.29, 1.82) is 0 Å². The highest BCUT2D eigenvalue weighted by atomic mass is 79.9. The highest BCUT2D eigenvalue weighted by Gasteiger charge is 2.57. The van der Waals surface area contributed by atoms with Gasteiger partial charge >= 0.3 is 12.1 Å². The van der Waals surface area contributed by atoms with E-state index in [0.29, 0.717) is 0 Å². The van der Waals surface area contributed by atoms with Crippen molar-refractivity contribution < 1.29 is 22.7 Å². The molecule has 1 aliphatic rings. The van der Waals surface area contributed by atoms with Crippen molar-refractivity contribution in [3.63, 3.8) is 0 Å². The van der Waals surface area contributed by atoms with Crippen molar-refractivity contribution in [2.45, 2.75) is 25.6 Å². The normalized spacial score (nSPS) is 22.4. The van der Waals surface area contributed by atoms with Crippen molar-refractivity contribution >= 4 is 33.5 Å². The van der Waals surface area contributed by atoms with Gasteiger partial charge in [-0.1, -0.05) is 0 Å². The first kappa shape index (κ1) is 14.6. The number of halogens is 5. The fraction of sp³-hybridized carbons (Fsp3) is 0.600. The molecule has 106 valence electrons. The maximum absolute atomic E-state index is 12.5. The van der Waals surface area contributed by atoms with Crippen LogP contribution in [0.15, 0.2) is 4.60 Å². The monoisotopic (exact) mass is 360 g/mol. The van der Waals surface area contributed by atoms with Crippen LogP contribution in [-0.4, -0.2) is 28.3 Å². The number of rotatable bonds is 3. The average Bonchev–Trinajstić information content (AvgIpc) is 3.01. The number of aromatic nitrogens is 2. The van der Waals surface area contributed by atoms with Crippen molar-refractivity contribution in [2.75, 3.05) is 6.61 Å². The molecule has 1 heterocycles. The number of esters is 1. The van der Waals surface area contributed by atoms with Crippen LogP contribution >= 0.6 is 27.5 Å². The van der Waals surface area contributed by atoms with Crippen LogP contribution in [0, 0.1) is 5.92 Å². The summed E-state index contributed by atoms with van der Waals surface area (Å²) < 4.78 is 43.7. The molecule has 19 heavy (non-hydrogen) atoms. The first-order valence-corrected chi connectivity index (χ1v) is 6.61. The summed E-state index contributed by atoms with van der Waals surface area (Å²) in [5.41, 5.74) is -0.111. The van der Waals surface area contributed by atoms with Crippen LogP contribution in [0.4, 0.5) is 13.2 Å². The molecule has 0 aliphatic heterocycles. The van der Waals surface area contributed by atoms with Crippen molar-refractivity contribution in [3.05, 3.63) is 15.6 Å². The van der Waals surface area contributed by atoms with Gasteiger partial charge in [-0.15, -0.1) is 0 Å². The first-order chi connectivity index (χ1) is 8.77. The topological polar surface area (TPSA) is 44.1 Å². The molecular weight excluding hydrogens is 352 g/mol. The lowest BCUT2D eigenvalue weighted by atomic mass is 10.4. The van der Waals surface area contributed by atoms with Gasteiger partial charge < -0.3 is 9.30 Å². The van der Waals surface area contributed by atoms with Crippen molar-refractivity contribution in [2.24, 2.45) is 5.92 Å². The van der Waals surface area contributed by atoms with E-state index in [-0.39, 0.29) is 28.6 Å². The highest BCUT2D eigenvalue weighted by molar-refractivity contribution is 9.10. The molecule has 0 saturated heterocycles. The number of nitrogens with zero attached hydrogens (tertiary/aromatic N) is 2. The second-order valence-corrected chi connectivity index (χ2v) is 5.15. The molecule has 0 amide bonds. The maximum Gasteiger partial charge on any atom is 0.393 e. The van der Waals surface area contributed by atoms with Gasteiger partial charge in [0, 0.05) is 6.04 Å². The van der Waals surface area contributed by atoms with Gasteiger partial charge in [-0.25, -0.2) is 9.78 Å². The van der Waals surface area contributed by atoms with E-state index in [2.05, 4.69) is 20.9 Å². The van der Waals surface area contributed by atoms with Gasteiger partial charge in [0.25, 0.3) is 0 Å². The maximum atomic E-state index is 12.5. The largest absolute Gasteiger partial charge is 0.461 e. The van der Waals surface area contributed by atoms with E-state index in [1.807, 2.05) is 0 Å². The lowest BCUT2D eigenvalue weighted by Crippen LogP contribution is -2.13. The number of hydrogen-bond acceptors (Lipinski definition) is 3.